The molecule has 0 saturated heterocycles. The van der Waals surface area contributed by atoms with Crippen LogP contribution in [-0.2, 0) is 36.8 Å². The van der Waals surface area contributed by atoms with E-state index in [0.29, 0.717) is 11.1 Å². The fourth-order valence-electron chi connectivity index (χ4n) is 3.43. The van der Waals surface area contributed by atoms with Crippen molar-refractivity contribution in [3.8, 4) is 5.75 Å². The first-order chi connectivity index (χ1) is 18.0. The van der Waals surface area contributed by atoms with Gasteiger partial charge in [0.05, 0.1) is 12.5 Å². The number of aliphatic carboxylic acids is 2. The predicted octanol–water partition coefficient (Wildman–Crippen LogP) is -0.552. The molecule has 2 aromatic rings. The first-order valence-corrected chi connectivity index (χ1v) is 12.2. The van der Waals surface area contributed by atoms with Crippen molar-refractivity contribution in [2.75, 3.05) is 5.75 Å². The van der Waals surface area contributed by atoms with Crippen LogP contribution in [0.25, 0.3) is 0 Å². The molecule has 8 N–H and O–H groups in total. The molecular formula is C25H30N4O8S. The number of hydrogen-bond acceptors (Lipinski definition) is 8. The van der Waals surface area contributed by atoms with Gasteiger partial charge in [0.2, 0.25) is 17.7 Å². The lowest BCUT2D eigenvalue weighted by Crippen LogP contribution is -2.58. The Hall–Kier alpha value is -4.10. The molecule has 0 aliphatic heterocycles. The van der Waals surface area contributed by atoms with Gasteiger partial charge in [0.25, 0.3) is 0 Å². The van der Waals surface area contributed by atoms with Gasteiger partial charge >= 0.3 is 11.9 Å². The molecule has 38 heavy (non-hydrogen) atoms. The van der Waals surface area contributed by atoms with E-state index in [0.717, 1.165) is 0 Å². The van der Waals surface area contributed by atoms with Crippen LogP contribution < -0.4 is 21.7 Å². The van der Waals surface area contributed by atoms with E-state index in [9.17, 15) is 34.2 Å². The molecule has 0 saturated carbocycles. The molecule has 4 unspecified atom stereocenters. The van der Waals surface area contributed by atoms with Crippen LogP contribution in [0.5, 0.6) is 5.75 Å². The third-order valence-electron chi connectivity index (χ3n) is 5.45. The number of benzene rings is 2. The van der Waals surface area contributed by atoms with Crippen molar-refractivity contribution in [2.45, 2.75) is 43.4 Å². The first-order valence-electron chi connectivity index (χ1n) is 11.5. The predicted molar refractivity (Wildman–Crippen MR) is 139 cm³/mol. The molecule has 0 aliphatic rings. The van der Waals surface area contributed by atoms with Crippen molar-refractivity contribution in [3.05, 3.63) is 65.7 Å². The second kappa shape index (κ2) is 14.6. The number of carbonyl (C=O) groups is 5. The van der Waals surface area contributed by atoms with Crippen LogP contribution in [0.4, 0.5) is 0 Å². The Morgan fingerprint density at radius 2 is 1.26 bits per heavy atom. The summed E-state index contributed by atoms with van der Waals surface area (Å²) in [5, 5.41) is 34.7. The Morgan fingerprint density at radius 3 is 1.82 bits per heavy atom. The van der Waals surface area contributed by atoms with Crippen LogP contribution in [0.1, 0.15) is 17.5 Å². The van der Waals surface area contributed by atoms with Crippen molar-refractivity contribution in [1.29, 1.82) is 0 Å². The summed E-state index contributed by atoms with van der Waals surface area (Å²) < 4.78 is 0. The van der Waals surface area contributed by atoms with Gasteiger partial charge in [-0.15, -0.1) is 0 Å². The summed E-state index contributed by atoms with van der Waals surface area (Å²) in [5.41, 5.74) is 7.29. The number of rotatable bonds is 14. The standard InChI is InChI=1S/C25H30N4O8S/c26-17(10-15-6-8-16(30)9-7-15)22(33)29-20(13-38)24(35)27-18(11-14-4-2-1-3-5-14)23(34)28-19(25(36)37)12-21(31)32/h1-9,17-20,30,38H,10-13,26H2,(H,27,35)(H,28,34)(H,29,33)(H,31,32)(H,36,37). The Bertz CT molecular complexity index is 1130. The number of nitrogens with two attached hydrogens (primary N) is 1. The summed E-state index contributed by atoms with van der Waals surface area (Å²) in [6.45, 7) is 0. The molecule has 0 bridgehead atoms. The fourth-order valence-corrected chi connectivity index (χ4v) is 3.69. The number of phenols is 1. The van der Waals surface area contributed by atoms with Gasteiger partial charge in [0.15, 0.2) is 0 Å². The highest BCUT2D eigenvalue weighted by Gasteiger charge is 2.31. The van der Waals surface area contributed by atoms with Crippen LogP contribution >= 0.6 is 12.6 Å². The maximum absolute atomic E-state index is 13.0. The van der Waals surface area contributed by atoms with Crippen LogP contribution in [-0.4, -0.2) is 74.9 Å². The smallest absolute Gasteiger partial charge is 0.326 e. The van der Waals surface area contributed by atoms with E-state index >= 15 is 0 Å². The van der Waals surface area contributed by atoms with Crippen LogP contribution in [0.15, 0.2) is 54.6 Å². The molecule has 3 amide bonds. The number of nitrogens with one attached hydrogen (secondary N) is 3. The Morgan fingerprint density at radius 1 is 0.737 bits per heavy atom. The number of amides is 3. The third kappa shape index (κ3) is 9.75. The van der Waals surface area contributed by atoms with E-state index in [1.54, 1.807) is 42.5 Å². The Balaban J connectivity index is 2.12. The van der Waals surface area contributed by atoms with E-state index in [1.165, 1.54) is 12.1 Å². The lowest BCUT2D eigenvalue weighted by atomic mass is 10.0. The molecule has 12 nitrogen and oxygen atoms in total. The van der Waals surface area contributed by atoms with E-state index < -0.39 is 60.2 Å². The summed E-state index contributed by atoms with van der Waals surface area (Å²) >= 11 is 4.11. The molecule has 0 spiro atoms. The molecular weight excluding hydrogens is 516 g/mol. The Kier molecular flexibility index (Phi) is 11.6. The van der Waals surface area contributed by atoms with E-state index in [4.69, 9.17) is 10.8 Å². The minimum Gasteiger partial charge on any atom is -0.508 e. The summed E-state index contributed by atoms with van der Waals surface area (Å²) in [4.78, 5) is 61.0. The van der Waals surface area contributed by atoms with Crippen molar-refractivity contribution in [3.63, 3.8) is 0 Å². The van der Waals surface area contributed by atoms with Crippen LogP contribution in [0.3, 0.4) is 0 Å². The second-order valence-corrected chi connectivity index (χ2v) is 8.83. The van der Waals surface area contributed by atoms with Gasteiger partial charge in [-0.1, -0.05) is 42.5 Å². The number of carbonyl (C=O) groups excluding carboxylic acids is 3. The zero-order valence-corrected chi connectivity index (χ0v) is 21.1. The van der Waals surface area contributed by atoms with Crippen molar-refractivity contribution < 1.29 is 39.3 Å². The second-order valence-electron chi connectivity index (χ2n) is 8.47. The zero-order chi connectivity index (χ0) is 28.2. The molecule has 0 heterocycles. The van der Waals surface area contributed by atoms with Gasteiger partial charge in [-0.25, -0.2) is 4.79 Å². The maximum atomic E-state index is 13.0. The quantitative estimate of drug-likeness (QED) is 0.143. The molecule has 2 aromatic carbocycles. The molecule has 2 rings (SSSR count). The van der Waals surface area contributed by atoms with Gasteiger partial charge < -0.3 is 37.0 Å². The summed E-state index contributed by atoms with van der Waals surface area (Å²) in [6, 6.07) is 9.46. The minimum absolute atomic E-state index is 0.0363. The normalized spacial score (nSPS) is 13.8. The molecule has 0 aromatic heterocycles. The monoisotopic (exact) mass is 546 g/mol. The van der Waals surface area contributed by atoms with Crippen LogP contribution in [0, 0.1) is 0 Å². The maximum Gasteiger partial charge on any atom is 0.326 e. The van der Waals surface area contributed by atoms with E-state index in [2.05, 4.69) is 28.6 Å². The summed E-state index contributed by atoms with van der Waals surface area (Å²) in [6.07, 6.45) is -0.765. The van der Waals surface area contributed by atoms with Gasteiger partial charge in [-0.05, 0) is 29.7 Å². The van der Waals surface area contributed by atoms with Gasteiger partial charge in [-0.3, -0.25) is 19.2 Å². The zero-order valence-electron chi connectivity index (χ0n) is 20.2. The number of thiol groups is 1. The molecule has 0 radical (unpaired) electrons. The highest BCUT2D eigenvalue weighted by molar-refractivity contribution is 7.80. The highest BCUT2D eigenvalue weighted by Crippen LogP contribution is 2.11. The Labute approximate surface area is 224 Å². The molecule has 204 valence electrons. The van der Waals surface area contributed by atoms with Crippen molar-refractivity contribution in [1.82, 2.24) is 16.0 Å². The topological polar surface area (TPSA) is 208 Å². The van der Waals surface area contributed by atoms with Crippen molar-refractivity contribution >= 4 is 42.3 Å². The van der Waals surface area contributed by atoms with Gasteiger partial charge in [-0.2, -0.15) is 12.6 Å². The fraction of sp³-hybridized carbons (Fsp3) is 0.320. The van der Waals surface area contributed by atoms with E-state index in [-0.39, 0.29) is 24.3 Å². The minimum atomic E-state index is -1.71. The third-order valence-corrected chi connectivity index (χ3v) is 5.82. The average molecular weight is 547 g/mol. The van der Waals surface area contributed by atoms with Gasteiger partial charge in [0, 0.05) is 12.2 Å². The molecule has 0 fully saturated rings. The van der Waals surface area contributed by atoms with Crippen LogP contribution in [0.2, 0.25) is 0 Å². The number of phenolic OH excluding ortho intramolecular Hbond substituents is 1. The molecule has 13 heteroatoms. The summed E-state index contributed by atoms with van der Waals surface area (Å²) in [7, 11) is 0. The SMILES string of the molecule is NC(Cc1ccc(O)cc1)C(=O)NC(CS)C(=O)NC(Cc1ccccc1)C(=O)NC(CC(=O)O)C(=O)O. The average Bonchev–Trinajstić information content (AvgIpc) is 2.87. The van der Waals surface area contributed by atoms with Gasteiger partial charge in [0.1, 0.15) is 23.9 Å². The lowest BCUT2D eigenvalue weighted by molar-refractivity contribution is -0.147. The largest absolute Gasteiger partial charge is 0.508 e. The number of hydrogen-bond donors (Lipinski definition) is 8. The van der Waals surface area contributed by atoms with E-state index in [1.807, 2.05) is 0 Å². The number of aromatic hydroxyl groups is 1. The molecule has 4 atom stereocenters. The number of carboxylic acids is 2. The first kappa shape index (κ1) is 30.1. The lowest BCUT2D eigenvalue weighted by Gasteiger charge is -2.24. The number of carboxylic acid groups (broad SMARTS) is 2. The highest BCUT2D eigenvalue weighted by atomic mass is 32.1. The van der Waals surface area contributed by atoms with Crippen molar-refractivity contribution in [2.24, 2.45) is 5.73 Å². The summed E-state index contributed by atoms with van der Waals surface area (Å²) in [5.74, 6) is -5.39. The molecule has 0 aliphatic carbocycles.